The first-order valence-electron chi connectivity index (χ1n) is 6.55. The van der Waals surface area contributed by atoms with Crippen molar-refractivity contribution in [3.8, 4) is 0 Å². The number of halogens is 4. The van der Waals surface area contributed by atoms with Crippen LogP contribution in [-0.2, 0) is 15.5 Å². The Labute approximate surface area is 141 Å². The normalized spacial score (nSPS) is 13.5. The second-order valence-corrected chi connectivity index (χ2v) is 6.37. The van der Waals surface area contributed by atoms with Crippen LogP contribution in [0.3, 0.4) is 0 Å². The Morgan fingerprint density at radius 1 is 1.41 bits per heavy atom. The van der Waals surface area contributed by atoms with Crippen molar-refractivity contribution in [3.63, 3.8) is 0 Å². The number of hydrazine groups is 1. The molecule has 0 spiro atoms. The van der Waals surface area contributed by atoms with E-state index in [4.69, 9.17) is 10.4 Å². The summed E-state index contributed by atoms with van der Waals surface area (Å²) in [6, 6.07) is 4.80. The van der Waals surface area contributed by atoms with E-state index in [9.17, 15) is 18.0 Å². The summed E-state index contributed by atoms with van der Waals surface area (Å²) >= 11 is 2.11. The number of hydrogen-bond acceptors (Lipinski definition) is 3. The molecular formula is C13H17F3IN2O2P. The van der Waals surface area contributed by atoms with Gasteiger partial charge in [-0.15, -0.1) is 0 Å². The third-order valence-corrected chi connectivity index (χ3v) is 4.37. The van der Waals surface area contributed by atoms with Crippen LogP contribution in [0.15, 0.2) is 24.3 Å². The quantitative estimate of drug-likeness (QED) is 0.158. The maximum Gasteiger partial charge on any atom is 0.416 e. The van der Waals surface area contributed by atoms with Gasteiger partial charge in [-0.2, -0.15) is 13.2 Å². The molecule has 0 heterocycles. The van der Waals surface area contributed by atoms with Gasteiger partial charge in [0.25, 0.3) is 0 Å². The average molecular weight is 448 g/mol. The molecule has 1 rings (SSSR count). The highest BCUT2D eigenvalue weighted by Crippen LogP contribution is 2.32. The fourth-order valence-corrected chi connectivity index (χ4v) is 2.92. The zero-order valence-electron chi connectivity index (χ0n) is 11.6. The van der Waals surface area contributed by atoms with Crippen molar-refractivity contribution in [1.29, 1.82) is 0 Å². The standard InChI is InChI=1S/C13H17F3IN2O2P/c14-13(15,16)10-5-3-4-9(8-10)11(12(20)19-18)6-1-2-7-21-22-17/h3-5,8,11,22H,1-2,6-7,18H2,(H,19,20). The average Bonchev–Trinajstić information content (AvgIpc) is 2.49. The number of hydrogen-bond donors (Lipinski definition) is 2. The molecule has 0 aliphatic rings. The summed E-state index contributed by atoms with van der Waals surface area (Å²) in [5.41, 5.74) is 1.57. The van der Waals surface area contributed by atoms with Crippen LogP contribution >= 0.6 is 28.5 Å². The lowest BCUT2D eigenvalue weighted by Gasteiger charge is -2.17. The van der Waals surface area contributed by atoms with E-state index >= 15 is 0 Å². The van der Waals surface area contributed by atoms with Gasteiger partial charge in [0.15, 0.2) is 0 Å². The van der Waals surface area contributed by atoms with E-state index < -0.39 is 23.6 Å². The Balaban J connectivity index is 2.81. The highest BCUT2D eigenvalue weighted by molar-refractivity contribution is 14.2. The fraction of sp³-hybridized carbons (Fsp3) is 0.462. The number of nitrogens with two attached hydrogens (primary N) is 1. The van der Waals surface area contributed by atoms with Crippen LogP contribution in [0.5, 0.6) is 0 Å². The summed E-state index contributed by atoms with van der Waals surface area (Å²) in [6.07, 6.45) is -2.62. The molecule has 0 aliphatic carbocycles. The smallest absolute Gasteiger partial charge is 0.352 e. The predicted octanol–water partition coefficient (Wildman–Crippen LogP) is 3.91. The summed E-state index contributed by atoms with van der Waals surface area (Å²) in [6.45, 7) is 0.940. The maximum absolute atomic E-state index is 12.8. The molecule has 22 heavy (non-hydrogen) atoms. The van der Waals surface area contributed by atoms with E-state index in [1.54, 1.807) is 0 Å². The Kier molecular flexibility index (Phi) is 8.59. The second kappa shape index (κ2) is 9.64. The van der Waals surface area contributed by atoms with Gasteiger partial charge in [0.05, 0.1) is 24.5 Å². The van der Waals surface area contributed by atoms with Crippen molar-refractivity contribution in [2.24, 2.45) is 5.84 Å². The molecule has 0 saturated carbocycles. The van der Waals surface area contributed by atoms with E-state index in [2.05, 4.69) is 22.0 Å². The minimum Gasteiger partial charge on any atom is -0.352 e. The first kappa shape index (κ1) is 19.6. The first-order valence-corrected chi connectivity index (χ1v) is 10.6. The molecule has 0 aliphatic heterocycles. The van der Waals surface area contributed by atoms with E-state index in [0.29, 0.717) is 31.5 Å². The number of alkyl halides is 3. The van der Waals surface area contributed by atoms with E-state index in [1.165, 1.54) is 12.1 Å². The van der Waals surface area contributed by atoms with Crippen LogP contribution in [-0.4, -0.2) is 12.5 Å². The lowest BCUT2D eigenvalue weighted by Crippen LogP contribution is -2.35. The summed E-state index contributed by atoms with van der Waals surface area (Å²) < 4.78 is 43.5. The number of carbonyl (C=O) groups excluding carboxylic acids is 1. The van der Waals surface area contributed by atoms with Crippen molar-refractivity contribution in [1.82, 2.24) is 5.43 Å². The molecule has 3 N–H and O–H groups in total. The van der Waals surface area contributed by atoms with E-state index in [0.717, 1.165) is 18.6 Å². The SMILES string of the molecule is NNC(=O)C(CCCCOPI)c1cccc(C(F)(F)F)c1. The molecule has 0 aromatic heterocycles. The molecule has 1 aromatic rings. The number of nitrogens with one attached hydrogen (secondary N) is 1. The van der Waals surface area contributed by atoms with Gasteiger partial charge in [-0.1, -0.05) is 24.6 Å². The predicted molar refractivity (Wildman–Crippen MR) is 88.7 cm³/mol. The molecule has 1 amide bonds. The van der Waals surface area contributed by atoms with Gasteiger partial charge in [0.1, 0.15) is 0 Å². The van der Waals surface area contributed by atoms with Crippen molar-refractivity contribution in [2.75, 3.05) is 6.61 Å². The topological polar surface area (TPSA) is 64.3 Å². The number of carbonyl (C=O) groups is 1. The molecule has 0 radical (unpaired) electrons. The second-order valence-electron chi connectivity index (χ2n) is 4.61. The van der Waals surface area contributed by atoms with Crippen molar-refractivity contribution >= 4 is 34.4 Å². The van der Waals surface area contributed by atoms with E-state index in [-0.39, 0.29) is 0 Å². The molecule has 0 fully saturated rings. The Morgan fingerprint density at radius 3 is 2.73 bits per heavy atom. The highest BCUT2D eigenvalue weighted by atomic mass is 127. The van der Waals surface area contributed by atoms with Gasteiger partial charge in [-0.25, -0.2) is 5.84 Å². The van der Waals surface area contributed by atoms with Crippen LogP contribution in [0.2, 0.25) is 0 Å². The summed E-state index contributed by atoms with van der Waals surface area (Å²) in [4.78, 5) is 11.8. The number of amides is 1. The summed E-state index contributed by atoms with van der Waals surface area (Å²) in [5, 5.41) is 0. The van der Waals surface area contributed by atoms with Crippen LogP contribution in [0, 0.1) is 0 Å². The lowest BCUT2D eigenvalue weighted by atomic mass is 9.91. The van der Waals surface area contributed by atoms with Crippen LogP contribution in [0.25, 0.3) is 0 Å². The van der Waals surface area contributed by atoms with Crippen LogP contribution in [0.1, 0.15) is 36.3 Å². The maximum atomic E-state index is 12.8. The van der Waals surface area contributed by atoms with Gasteiger partial charge in [0.2, 0.25) is 5.91 Å². The van der Waals surface area contributed by atoms with E-state index in [1.807, 2.05) is 5.43 Å². The minimum atomic E-state index is -4.44. The molecule has 2 atom stereocenters. The number of unbranched alkanes of at least 4 members (excludes halogenated alkanes) is 1. The Morgan fingerprint density at radius 2 is 2.14 bits per heavy atom. The third kappa shape index (κ3) is 6.36. The third-order valence-electron chi connectivity index (χ3n) is 3.12. The van der Waals surface area contributed by atoms with Gasteiger partial charge in [-0.05, 0) is 46.5 Å². The summed E-state index contributed by atoms with van der Waals surface area (Å²) in [5.74, 6) is 3.95. The minimum absolute atomic E-state index is 0.314. The van der Waals surface area contributed by atoms with Gasteiger partial charge in [0, 0.05) is 0 Å². The van der Waals surface area contributed by atoms with Crippen LogP contribution in [0.4, 0.5) is 13.2 Å². The Hall–Kier alpha value is -0.440. The molecule has 0 saturated heterocycles. The Bertz CT molecular complexity index is 489. The van der Waals surface area contributed by atoms with Crippen molar-refractivity contribution in [2.45, 2.75) is 31.4 Å². The van der Waals surface area contributed by atoms with Crippen LogP contribution < -0.4 is 11.3 Å². The monoisotopic (exact) mass is 448 g/mol. The molecule has 1 aromatic carbocycles. The zero-order chi connectivity index (χ0) is 16.6. The van der Waals surface area contributed by atoms with Crippen molar-refractivity contribution < 1.29 is 22.5 Å². The number of benzene rings is 1. The molecule has 9 heteroatoms. The van der Waals surface area contributed by atoms with Crippen molar-refractivity contribution in [3.05, 3.63) is 35.4 Å². The largest absolute Gasteiger partial charge is 0.416 e. The molecule has 2 unspecified atom stereocenters. The number of rotatable bonds is 8. The summed E-state index contributed by atoms with van der Waals surface area (Å²) in [7, 11) is 0. The molecule has 124 valence electrons. The molecule has 4 nitrogen and oxygen atoms in total. The first-order chi connectivity index (χ1) is 10.4. The zero-order valence-corrected chi connectivity index (χ0v) is 14.8. The lowest BCUT2D eigenvalue weighted by molar-refractivity contribution is -0.137. The van der Waals surface area contributed by atoms with Gasteiger partial charge in [-0.3, -0.25) is 10.2 Å². The highest BCUT2D eigenvalue weighted by Gasteiger charge is 2.31. The van der Waals surface area contributed by atoms with Gasteiger partial charge >= 0.3 is 6.18 Å². The van der Waals surface area contributed by atoms with Gasteiger partial charge < -0.3 is 4.52 Å². The molecule has 0 bridgehead atoms. The molecular weight excluding hydrogens is 431 g/mol. The fourth-order valence-electron chi connectivity index (χ4n) is 2.04.